The van der Waals surface area contributed by atoms with E-state index in [0.717, 1.165) is 23.3 Å². The molecule has 1 aromatic heterocycles. The van der Waals surface area contributed by atoms with Gasteiger partial charge >= 0.3 is 6.03 Å². The summed E-state index contributed by atoms with van der Waals surface area (Å²) in [4.78, 5) is 16.6. The van der Waals surface area contributed by atoms with E-state index in [1.807, 2.05) is 6.07 Å². The number of pyridine rings is 1. The molecular weight excluding hydrogens is 407 g/mol. The minimum atomic E-state index is -0.602. The van der Waals surface area contributed by atoms with Crippen LogP contribution in [0.2, 0.25) is 0 Å². The molecular formula is C23H18F3N3O2. The van der Waals surface area contributed by atoms with E-state index >= 15 is 0 Å². The molecule has 31 heavy (non-hydrogen) atoms. The fraction of sp³-hybridized carbons (Fsp3) is 0.217. The Labute approximate surface area is 176 Å². The number of anilines is 1. The monoisotopic (exact) mass is 425 g/mol. The number of hydrogen-bond donors (Lipinski definition) is 2. The first kappa shape index (κ1) is 19.4. The quantitative estimate of drug-likeness (QED) is 0.652. The average Bonchev–Trinajstić information content (AvgIpc) is 3.46. The van der Waals surface area contributed by atoms with Crippen LogP contribution in [0.25, 0.3) is 0 Å². The molecule has 0 saturated heterocycles. The van der Waals surface area contributed by atoms with E-state index in [2.05, 4.69) is 15.6 Å². The van der Waals surface area contributed by atoms with Gasteiger partial charge in [0.15, 0.2) is 11.6 Å². The molecule has 0 spiro atoms. The van der Waals surface area contributed by atoms with Gasteiger partial charge in [0, 0.05) is 29.6 Å². The summed E-state index contributed by atoms with van der Waals surface area (Å²) in [5.74, 6) is -1.53. The molecule has 2 amide bonds. The van der Waals surface area contributed by atoms with Crippen molar-refractivity contribution in [3.05, 3.63) is 88.9 Å². The average molecular weight is 425 g/mol. The van der Waals surface area contributed by atoms with E-state index in [1.165, 1.54) is 12.1 Å². The van der Waals surface area contributed by atoms with Gasteiger partial charge in [0.1, 0.15) is 17.5 Å². The fourth-order valence-corrected chi connectivity index (χ4v) is 4.10. The van der Waals surface area contributed by atoms with Gasteiger partial charge in [0.05, 0.1) is 6.61 Å². The van der Waals surface area contributed by atoms with Crippen molar-refractivity contribution in [1.29, 1.82) is 0 Å². The van der Waals surface area contributed by atoms with Crippen molar-refractivity contribution < 1.29 is 22.7 Å². The molecule has 1 aliphatic heterocycles. The van der Waals surface area contributed by atoms with Crippen LogP contribution >= 0.6 is 0 Å². The molecule has 0 unspecified atom stereocenters. The minimum absolute atomic E-state index is 0.0654. The molecule has 2 aromatic carbocycles. The van der Waals surface area contributed by atoms with Gasteiger partial charge in [-0.3, -0.25) is 5.32 Å². The van der Waals surface area contributed by atoms with Gasteiger partial charge in [-0.05, 0) is 47.9 Å². The Morgan fingerprint density at radius 3 is 2.48 bits per heavy atom. The van der Waals surface area contributed by atoms with E-state index in [4.69, 9.17) is 4.74 Å². The van der Waals surface area contributed by atoms with Crippen LogP contribution in [-0.2, 0) is 6.42 Å². The number of fused-ring (bicyclic) bond motifs is 3. The molecule has 5 rings (SSSR count). The number of amides is 2. The number of hydrogen-bond acceptors (Lipinski definition) is 3. The van der Waals surface area contributed by atoms with Crippen LogP contribution in [0.3, 0.4) is 0 Å². The lowest BCUT2D eigenvalue weighted by molar-refractivity contribution is 0.247. The predicted molar refractivity (Wildman–Crippen MR) is 107 cm³/mol. The number of aromatic nitrogens is 1. The molecule has 1 saturated carbocycles. The van der Waals surface area contributed by atoms with Crippen molar-refractivity contribution in [2.75, 3.05) is 11.9 Å². The third-order valence-electron chi connectivity index (χ3n) is 5.70. The van der Waals surface area contributed by atoms with Crippen LogP contribution in [-0.4, -0.2) is 23.7 Å². The summed E-state index contributed by atoms with van der Waals surface area (Å²) < 4.78 is 46.5. The number of nitrogens with zero attached hydrogens (tertiary/aromatic N) is 1. The Kier molecular flexibility index (Phi) is 4.77. The number of rotatable bonds is 4. The summed E-state index contributed by atoms with van der Waals surface area (Å²) >= 11 is 0. The maximum atomic E-state index is 14.2. The zero-order valence-electron chi connectivity index (χ0n) is 16.2. The molecule has 1 fully saturated rings. The molecule has 0 bridgehead atoms. The zero-order valence-corrected chi connectivity index (χ0v) is 16.2. The van der Waals surface area contributed by atoms with E-state index in [-0.39, 0.29) is 41.6 Å². The maximum absolute atomic E-state index is 14.2. The van der Waals surface area contributed by atoms with Crippen LogP contribution in [0.15, 0.2) is 54.7 Å². The summed E-state index contributed by atoms with van der Waals surface area (Å²) in [6.07, 6.45) is 2.23. The van der Waals surface area contributed by atoms with Gasteiger partial charge in [-0.25, -0.2) is 22.9 Å². The topological polar surface area (TPSA) is 63.2 Å². The Hall–Kier alpha value is -3.55. The molecule has 5 nitrogen and oxygen atoms in total. The van der Waals surface area contributed by atoms with Crippen LogP contribution in [0.5, 0.6) is 5.75 Å². The lowest BCUT2D eigenvalue weighted by Crippen LogP contribution is -2.32. The zero-order chi connectivity index (χ0) is 21.5. The van der Waals surface area contributed by atoms with Gasteiger partial charge in [-0.1, -0.05) is 18.2 Å². The predicted octanol–water partition coefficient (Wildman–Crippen LogP) is 4.39. The number of carbonyl (C=O) groups excluding carboxylic acids is 1. The highest BCUT2D eigenvalue weighted by atomic mass is 19.1. The number of carbonyl (C=O) groups is 1. The van der Waals surface area contributed by atoms with Crippen LogP contribution in [0.1, 0.15) is 22.6 Å². The fourth-order valence-electron chi connectivity index (χ4n) is 4.10. The number of benzene rings is 2. The summed E-state index contributed by atoms with van der Waals surface area (Å²) in [6.45, 7) is 0.222. The molecule has 2 heterocycles. The van der Waals surface area contributed by atoms with Gasteiger partial charge in [0.25, 0.3) is 0 Å². The summed E-state index contributed by atoms with van der Waals surface area (Å²) in [5.41, 5.74) is 2.05. The van der Waals surface area contributed by atoms with Crippen molar-refractivity contribution in [1.82, 2.24) is 10.3 Å². The Bertz CT molecular complexity index is 1140. The Morgan fingerprint density at radius 2 is 1.74 bits per heavy atom. The Balaban J connectivity index is 1.20. The molecule has 158 valence electrons. The van der Waals surface area contributed by atoms with E-state index in [9.17, 15) is 18.0 Å². The Morgan fingerprint density at radius 1 is 1.00 bits per heavy atom. The van der Waals surface area contributed by atoms with Gasteiger partial charge in [0.2, 0.25) is 0 Å². The molecule has 3 aromatic rings. The highest BCUT2D eigenvalue weighted by molar-refractivity contribution is 5.88. The highest BCUT2D eigenvalue weighted by Crippen LogP contribution is 2.55. The van der Waals surface area contributed by atoms with Crippen molar-refractivity contribution >= 4 is 11.8 Å². The SMILES string of the molecule is O=C(Nc1ccc(Cc2ccc(F)cc2)cn1)N[C@@H]1[C@H]2COc3c(F)ccc(F)c3[C@@H]21. The third-order valence-corrected chi connectivity index (χ3v) is 5.70. The van der Waals surface area contributed by atoms with Crippen molar-refractivity contribution in [2.45, 2.75) is 18.4 Å². The standard InChI is InChI=1S/C23H18F3N3O2/c24-14-4-1-12(2-5-14)9-13-3-8-18(27-10-13)28-23(30)29-21-15-11-31-22-17(26)7-6-16(25)20(22)19(15)21/h1-8,10,15,19,21H,9,11H2,(H2,27,28,29,30)/t15-,19+,21+/m0/s1. The van der Waals surface area contributed by atoms with Gasteiger partial charge in [-0.2, -0.15) is 0 Å². The van der Waals surface area contributed by atoms with E-state index < -0.39 is 17.7 Å². The lowest BCUT2D eigenvalue weighted by Gasteiger charge is -2.16. The van der Waals surface area contributed by atoms with Crippen molar-refractivity contribution in [3.63, 3.8) is 0 Å². The lowest BCUT2D eigenvalue weighted by atomic mass is 10.0. The molecule has 2 N–H and O–H groups in total. The summed E-state index contributed by atoms with van der Waals surface area (Å²) in [6, 6.07) is 11.0. The van der Waals surface area contributed by atoms with Gasteiger partial charge < -0.3 is 10.1 Å². The first-order valence-electron chi connectivity index (χ1n) is 9.87. The highest BCUT2D eigenvalue weighted by Gasteiger charge is 2.57. The third kappa shape index (κ3) is 3.81. The molecule has 3 atom stereocenters. The number of halogens is 3. The summed E-state index contributed by atoms with van der Waals surface area (Å²) in [7, 11) is 0. The molecule has 0 radical (unpaired) electrons. The smallest absolute Gasteiger partial charge is 0.320 e. The number of urea groups is 1. The van der Waals surface area contributed by atoms with Crippen LogP contribution in [0.4, 0.5) is 23.8 Å². The second-order valence-electron chi connectivity index (χ2n) is 7.75. The first-order chi connectivity index (χ1) is 15.0. The number of ether oxygens (including phenoxy) is 1. The molecule has 8 heteroatoms. The van der Waals surface area contributed by atoms with Crippen LogP contribution in [0, 0.1) is 23.4 Å². The second-order valence-corrected chi connectivity index (χ2v) is 7.75. The van der Waals surface area contributed by atoms with Crippen LogP contribution < -0.4 is 15.4 Å². The minimum Gasteiger partial charge on any atom is -0.490 e. The molecule has 2 aliphatic rings. The van der Waals surface area contributed by atoms with Gasteiger partial charge in [-0.15, -0.1) is 0 Å². The van der Waals surface area contributed by atoms with E-state index in [0.29, 0.717) is 12.2 Å². The largest absolute Gasteiger partial charge is 0.490 e. The number of nitrogens with one attached hydrogen (secondary N) is 2. The molecule has 1 aliphatic carbocycles. The van der Waals surface area contributed by atoms with Crippen molar-refractivity contribution in [3.8, 4) is 5.75 Å². The van der Waals surface area contributed by atoms with Crippen molar-refractivity contribution in [2.24, 2.45) is 5.92 Å². The normalized spacial score (nSPS) is 20.8. The summed E-state index contributed by atoms with van der Waals surface area (Å²) in [5, 5.41) is 5.45. The van der Waals surface area contributed by atoms with E-state index in [1.54, 1.807) is 24.4 Å². The second kappa shape index (κ2) is 7.61. The maximum Gasteiger partial charge on any atom is 0.320 e. The first-order valence-corrected chi connectivity index (χ1v) is 9.87.